The van der Waals surface area contributed by atoms with E-state index in [9.17, 15) is 14.6 Å². The second kappa shape index (κ2) is 8.73. The smallest absolute Gasteiger partial charge is 0.123 e. The lowest BCUT2D eigenvalue weighted by atomic mass is 9.72. The van der Waals surface area contributed by atoms with Crippen molar-refractivity contribution in [3.63, 3.8) is 0 Å². The van der Waals surface area contributed by atoms with Crippen molar-refractivity contribution >= 4 is 23.3 Å². The number of aliphatic hydroxyl groups is 1. The average molecular weight is 443 g/mol. The molecule has 164 valence electrons. The number of aromatic hydroxyl groups is 1. The van der Waals surface area contributed by atoms with E-state index in [2.05, 4.69) is 11.8 Å². The zero-order valence-electron chi connectivity index (χ0n) is 17.5. The summed E-state index contributed by atoms with van der Waals surface area (Å²) in [5.74, 6) is 1.25. The van der Waals surface area contributed by atoms with Gasteiger partial charge in [-0.05, 0) is 85.3 Å². The maximum absolute atomic E-state index is 13.4. The molecular weight excluding hydrogens is 415 g/mol. The SMILES string of the molecule is CC[C@H]1CN2CC[C@@H]1C[C@H]2[C@H](O)c1cc(-c2ccc(F)cc2)nc2ccc(O)cc12.Cl. The maximum atomic E-state index is 13.4. The highest BCUT2D eigenvalue weighted by molar-refractivity contribution is 5.87. The standard InChI is InChI=1S/C25H27FN2O2.ClH/c1-2-15-14-28-10-9-17(15)11-24(28)25(30)21-13-23(16-3-5-18(26)6-4-16)27-22-8-7-19(29)12-20(21)22;/h3-8,12-13,15,17,24-25,29-30H,2,9-11,14H2,1H3;1H/t15-,17+,24-,25+;/m0./s1. The molecule has 3 aliphatic rings. The van der Waals surface area contributed by atoms with Crippen molar-refractivity contribution in [2.45, 2.75) is 38.3 Å². The number of rotatable bonds is 4. The first-order valence-electron chi connectivity index (χ1n) is 10.8. The number of pyridine rings is 1. The quantitative estimate of drug-likeness (QED) is 0.574. The number of phenols is 1. The Labute approximate surface area is 188 Å². The molecule has 6 heteroatoms. The summed E-state index contributed by atoms with van der Waals surface area (Å²) in [5, 5.41) is 22.4. The summed E-state index contributed by atoms with van der Waals surface area (Å²) in [6, 6.07) is 13.3. The van der Waals surface area contributed by atoms with Crippen LogP contribution in [0.2, 0.25) is 0 Å². The Bertz CT molecular complexity index is 1080. The van der Waals surface area contributed by atoms with Crippen molar-refractivity contribution in [1.29, 1.82) is 0 Å². The van der Waals surface area contributed by atoms with Gasteiger partial charge in [0.25, 0.3) is 0 Å². The number of benzene rings is 2. The minimum absolute atomic E-state index is 0. The van der Waals surface area contributed by atoms with Crippen molar-refractivity contribution in [1.82, 2.24) is 9.88 Å². The predicted molar refractivity (Wildman–Crippen MR) is 123 cm³/mol. The van der Waals surface area contributed by atoms with E-state index in [1.54, 1.807) is 30.3 Å². The van der Waals surface area contributed by atoms with Gasteiger partial charge in [0.15, 0.2) is 0 Å². The molecule has 2 bridgehead atoms. The van der Waals surface area contributed by atoms with Gasteiger partial charge >= 0.3 is 0 Å². The van der Waals surface area contributed by atoms with E-state index in [4.69, 9.17) is 4.98 Å². The second-order valence-corrected chi connectivity index (χ2v) is 8.76. The van der Waals surface area contributed by atoms with Crippen LogP contribution in [0.3, 0.4) is 0 Å². The number of halogens is 2. The molecule has 6 rings (SSSR count). The van der Waals surface area contributed by atoms with Crippen molar-refractivity contribution in [3.05, 3.63) is 59.9 Å². The predicted octanol–water partition coefficient (Wildman–Crippen LogP) is 5.32. The number of nitrogens with zero attached hydrogens (tertiary/aromatic N) is 2. The van der Waals surface area contributed by atoms with Crippen LogP contribution in [-0.2, 0) is 0 Å². The molecule has 0 aliphatic carbocycles. The van der Waals surface area contributed by atoms with Gasteiger partial charge in [0.2, 0.25) is 0 Å². The number of aliphatic hydroxyl groups excluding tert-OH is 1. The highest BCUT2D eigenvalue weighted by Gasteiger charge is 2.42. The summed E-state index contributed by atoms with van der Waals surface area (Å²) in [5.41, 5.74) is 2.99. The molecule has 3 aliphatic heterocycles. The van der Waals surface area contributed by atoms with Gasteiger partial charge in [-0.1, -0.05) is 13.3 Å². The van der Waals surface area contributed by atoms with Crippen LogP contribution < -0.4 is 0 Å². The molecule has 3 fully saturated rings. The Morgan fingerprint density at radius 1 is 1.16 bits per heavy atom. The zero-order chi connectivity index (χ0) is 20.8. The number of fused-ring (bicyclic) bond motifs is 4. The van der Waals surface area contributed by atoms with Crippen molar-refractivity contribution in [2.75, 3.05) is 13.1 Å². The molecule has 0 amide bonds. The Morgan fingerprint density at radius 3 is 2.61 bits per heavy atom. The average Bonchev–Trinajstić information content (AvgIpc) is 2.78. The summed E-state index contributed by atoms with van der Waals surface area (Å²) in [4.78, 5) is 7.16. The minimum atomic E-state index is -0.669. The van der Waals surface area contributed by atoms with Crippen LogP contribution in [0.15, 0.2) is 48.5 Å². The van der Waals surface area contributed by atoms with E-state index in [0.29, 0.717) is 17.1 Å². The summed E-state index contributed by atoms with van der Waals surface area (Å²) in [7, 11) is 0. The van der Waals surface area contributed by atoms with Gasteiger partial charge in [0.1, 0.15) is 11.6 Å². The van der Waals surface area contributed by atoms with Crippen LogP contribution >= 0.6 is 12.4 Å². The molecule has 3 saturated heterocycles. The van der Waals surface area contributed by atoms with Crippen LogP contribution in [0.25, 0.3) is 22.2 Å². The molecule has 5 atom stereocenters. The van der Waals surface area contributed by atoms with E-state index in [-0.39, 0.29) is 30.0 Å². The Hall–Kier alpha value is -2.21. The molecule has 2 aromatic carbocycles. The monoisotopic (exact) mass is 442 g/mol. The van der Waals surface area contributed by atoms with Crippen molar-refractivity contribution < 1.29 is 14.6 Å². The first kappa shape index (κ1) is 22.0. The molecule has 3 aromatic rings. The fraction of sp³-hybridized carbons (Fsp3) is 0.400. The lowest BCUT2D eigenvalue weighted by Crippen LogP contribution is -2.55. The van der Waals surface area contributed by atoms with Gasteiger partial charge in [-0.3, -0.25) is 4.90 Å². The van der Waals surface area contributed by atoms with Crippen LogP contribution in [-0.4, -0.2) is 39.2 Å². The zero-order valence-corrected chi connectivity index (χ0v) is 18.4. The number of hydrogen-bond donors (Lipinski definition) is 2. The second-order valence-electron chi connectivity index (χ2n) is 8.76. The van der Waals surface area contributed by atoms with Crippen LogP contribution in [0.4, 0.5) is 4.39 Å². The maximum Gasteiger partial charge on any atom is 0.123 e. The van der Waals surface area contributed by atoms with Gasteiger partial charge in [0, 0.05) is 23.5 Å². The van der Waals surface area contributed by atoms with Crippen molar-refractivity contribution in [2.24, 2.45) is 11.8 Å². The van der Waals surface area contributed by atoms with Gasteiger partial charge in [-0.15, -0.1) is 12.4 Å². The van der Waals surface area contributed by atoms with E-state index >= 15 is 0 Å². The molecule has 31 heavy (non-hydrogen) atoms. The lowest BCUT2D eigenvalue weighted by Gasteiger charge is -2.51. The minimum Gasteiger partial charge on any atom is -0.508 e. The third-order valence-corrected chi connectivity index (χ3v) is 7.11. The Balaban J connectivity index is 0.00000231. The first-order valence-corrected chi connectivity index (χ1v) is 10.8. The summed E-state index contributed by atoms with van der Waals surface area (Å²) >= 11 is 0. The highest BCUT2D eigenvalue weighted by Crippen LogP contribution is 2.43. The Kier molecular flexibility index (Phi) is 6.20. The molecule has 1 aromatic heterocycles. The normalized spacial score (nSPS) is 25.9. The molecule has 4 heterocycles. The number of aromatic nitrogens is 1. The summed E-state index contributed by atoms with van der Waals surface area (Å²) < 4.78 is 13.4. The van der Waals surface area contributed by atoms with Crippen LogP contribution in [0, 0.1) is 17.7 Å². The first-order chi connectivity index (χ1) is 14.5. The topological polar surface area (TPSA) is 56.6 Å². The van der Waals surface area contributed by atoms with Crippen molar-refractivity contribution in [3.8, 4) is 17.0 Å². The third-order valence-electron chi connectivity index (χ3n) is 7.11. The van der Waals surface area contributed by atoms with Gasteiger partial charge in [0.05, 0.1) is 17.3 Å². The number of hydrogen-bond acceptors (Lipinski definition) is 4. The molecule has 4 nitrogen and oxygen atoms in total. The lowest BCUT2D eigenvalue weighted by molar-refractivity contribution is -0.0562. The van der Waals surface area contributed by atoms with Crippen LogP contribution in [0.5, 0.6) is 5.75 Å². The number of piperidine rings is 3. The summed E-state index contributed by atoms with van der Waals surface area (Å²) in [6.07, 6.45) is 2.72. The van der Waals surface area contributed by atoms with Gasteiger partial charge in [-0.25, -0.2) is 9.37 Å². The summed E-state index contributed by atoms with van der Waals surface area (Å²) in [6.45, 7) is 4.33. The molecule has 0 spiro atoms. The number of phenolic OH excluding ortho intramolecular Hbond substituents is 1. The fourth-order valence-corrected chi connectivity index (χ4v) is 5.43. The van der Waals surface area contributed by atoms with E-state index in [1.165, 1.54) is 25.0 Å². The third kappa shape index (κ3) is 4.02. The molecular formula is C25H28ClFN2O2. The highest BCUT2D eigenvalue weighted by atomic mass is 35.5. The van der Waals surface area contributed by atoms with Crippen LogP contribution in [0.1, 0.15) is 37.9 Å². The van der Waals surface area contributed by atoms with E-state index in [0.717, 1.165) is 41.9 Å². The van der Waals surface area contributed by atoms with E-state index in [1.807, 2.05) is 6.07 Å². The molecule has 1 unspecified atom stereocenters. The Morgan fingerprint density at radius 2 is 1.94 bits per heavy atom. The van der Waals surface area contributed by atoms with E-state index < -0.39 is 6.10 Å². The molecule has 0 saturated carbocycles. The fourth-order valence-electron chi connectivity index (χ4n) is 5.43. The van der Waals surface area contributed by atoms with Gasteiger partial charge in [-0.2, -0.15) is 0 Å². The largest absolute Gasteiger partial charge is 0.508 e. The molecule has 0 radical (unpaired) electrons. The van der Waals surface area contributed by atoms with Gasteiger partial charge < -0.3 is 10.2 Å². The molecule has 2 N–H and O–H groups in total.